The van der Waals surface area contributed by atoms with Crippen LogP contribution in [0.2, 0.25) is 5.02 Å². The quantitative estimate of drug-likeness (QED) is 0.758. The van der Waals surface area contributed by atoms with Crippen LogP contribution in [0.1, 0.15) is 5.56 Å². The van der Waals surface area contributed by atoms with Crippen molar-refractivity contribution in [2.45, 2.75) is 0 Å². The van der Waals surface area contributed by atoms with Crippen LogP contribution < -0.4 is 11.1 Å². The fourth-order valence-corrected chi connectivity index (χ4v) is 2.41. The zero-order valence-electron chi connectivity index (χ0n) is 9.88. The minimum atomic E-state index is -0.777. The number of nitrogens with two attached hydrogens (primary N) is 1. The predicted octanol–water partition coefficient (Wildman–Crippen LogP) is 4.76. The van der Waals surface area contributed by atoms with E-state index in [9.17, 15) is 8.78 Å². The molecule has 2 aromatic rings. The first-order chi connectivity index (χ1) is 9.38. The molecule has 0 radical (unpaired) electrons. The van der Waals surface area contributed by atoms with Crippen LogP contribution in [-0.4, -0.2) is 4.99 Å². The van der Waals surface area contributed by atoms with Gasteiger partial charge in [-0.2, -0.15) is 0 Å². The SMILES string of the molecule is NC(=S)c1ccc(Nc2c(F)cc(F)cc2Cl)c(Br)c1. The molecular weight excluding hydrogens is 370 g/mol. The number of halogens is 4. The molecule has 2 aromatic carbocycles. The third-order valence-electron chi connectivity index (χ3n) is 2.52. The molecule has 0 aliphatic heterocycles. The summed E-state index contributed by atoms with van der Waals surface area (Å²) in [6.07, 6.45) is 0. The van der Waals surface area contributed by atoms with E-state index in [-0.39, 0.29) is 15.7 Å². The van der Waals surface area contributed by atoms with Gasteiger partial charge in [0.2, 0.25) is 0 Å². The van der Waals surface area contributed by atoms with Crippen molar-refractivity contribution in [3.05, 3.63) is 57.0 Å². The molecule has 0 saturated carbocycles. The van der Waals surface area contributed by atoms with E-state index in [1.807, 2.05) is 0 Å². The summed E-state index contributed by atoms with van der Waals surface area (Å²) in [4.78, 5) is 0.253. The zero-order valence-corrected chi connectivity index (χ0v) is 13.0. The largest absolute Gasteiger partial charge is 0.389 e. The third kappa shape index (κ3) is 3.26. The molecule has 2 rings (SSSR count). The van der Waals surface area contributed by atoms with Crippen LogP contribution in [0, 0.1) is 11.6 Å². The molecule has 3 N–H and O–H groups in total. The van der Waals surface area contributed by atoms with E-state index in [0.717, 1.165) is 12.1 Å². The van der Waals surface area contributed by atoms with Crippen LogP contribution in [0.4, 0.5) is 20.2 Å². The first-order valence-corrected chi connectivity index (χ1v) is 6.97. The van der Waals surface area contributed by atoms with Crippen molar-refractivity contribution in [2.24, 2.45) is 5.73 Å². The molecule has 0 aliphatic rings. The van der Waals surface area contributed by atoms with Crippen LogP contribution in [0.25, 0.3) is 0 Å². The highest BCUT2D eigenvalue weighted by Crippen LogP contribution is 2.33. The van der Waals surface area contributed by atoms with E-state index in [2.05, 4.69) is 21.2 Å². The first kappa shape index (κ1) is 15.2. The van der Waals surface area contributed by atoms with E-state index >= 15 is 0 Å². The lowest BCUT2D eigenvalue weighted by atomic mass is 10.2. The lowest BCUT2D eigenvalue weighted by molar-refractivity contribution is 0.586. The summed E-state index contributed by atoms with van der Waals surface area (Å²) in [5, 5.41) is 2.75. The van der Waals surface area contributed by atoms with Crippen molar-refractivity contribution in [3.8, 4) is 0 Å². The highest BCUT2D eigenvalue weighted by atomic mass is 79.9. The van der Waals surface area contributed by atoms with Crippen molar-refractivity contribution in [3.63, 3.8) is 0 Å². The zero-order chi connectivity index (χ0) is 14.9. The normalized spacial score (nSPS) is 10.4. The summed E-state index contributed by atoms with van der Waals surface area (Å²) in [6, 6.07) is 6.83. The molecule has 0 spiro atoms. The Morgan fingerprint density at radius 1 is 1.25 bits per heavy atom. The van der Waals surface area contributed by atoms with Crippen LogP contribution in [0.3, 0.4) is 0 Å². The van der Waals surface area contributed by atoms with Crippen molar-refractivity contribution in [2.75, 3.05) is 5.32 Å². The summed E-state index contributed by atoms with van der Waals surface area (Å²) < 4.78 is 27.3. The Balaban J connectivity index is 2.38. The Morgan fingerprint density at radius 3 is 2.50 bits per heavy atom. The summed E-state index contributed by atoms with van der Waals surface area (Å²) >= 11 is 14.0. The monoisotopic (exact) mass is 376 g/mol. The summed E-state index contributed by atoms with van der Waals surface area (Å²) in [6.45, 7) is 0. The average Bonchev–Trinajstić information content (AvgIpc) is 2.34. The number of benzene rings is 2. The standard InChI is InChI=1S/C13H8BrClF2N2S/c14-8-3-6(13(18)20)1-2-11(8)19-12-9(15)4-7(16)5-10(12)17/h1-5,19H,(H2,18,20). The van der Waals surface area contributed by atoms with Crippen LogP contribution >= 0.6 is 39.7 Å². The molecule has 0 unspecified atom stereocenters. The van der Waals surface area contributed by atoms with Gasteiger partial charge in [0, 0.05) is 16.1 Å². The second kappa shape index (κ2) is 6.03. The molecule has 104 valence electrons. The Kier molecular flexibility index (Phi) is 4.57. The highest BCUT2D eigenvalue weighted by molar-refractivity contribution is 9.10. The van der Waals surface area contributed by atoms with E-state index in [1.165, 1.54) is 0 Å². The molecule has 0 saturated heterocycles. The molecular formula is C13H8BrClF2N2S. The fraction of sp³-hybridized carbons (Fsp3) is 0. The van der Waals surface area contributed by atoms with E-state index < -0.39 is 11.6 Å². The molecule has 20 heavy (non-hydrogen) atoms. The Hall–Kier alpha value is -1.24. The molecule has 0 fully saturated rings. The van der Waals surface area contributed by atoms with Crippen LogP contribution in [0.15, 0.2) is 34.8 Å². The van der Waals surface area contributed by atoms with E-state index in [4.69, 9.17) is 29.6 Å². The van der Waals surface area contributed by atoms with Gasteiger partial charge in [0.25, 0.3) is 0 Å². The van der Waals surface area contributed by atoms with Gasteiger partial charge in [-0.3, -0.25) is 0 Å². The van der Waals surface area contributed by atoms with Gasteiger partial charge in [-0.1, -0.05) is 23.8 Å². The maximum Gasteiger partial charge on any atom is 0.151 e. The summed E-state index contributed by atoms with van der Waals surface area (Å²) in [7, 11) is 0. The number of thiocarbonyl (C=S) groups is 1. The van der Waals surface area contributed by atoms with Crippen molar-refractivity contribution < 1.29 is 8.78 Å². The van der Waals surface area contributed by atoms with Gasteiger partial charge in [0.15, 0.2) is 5.82 Å². The maximum absolute atomic E-state index is 13.7. The summed E-state index contributed by atoms with van der Waals surface area (Å²) in [5.74, 6) is -1.51. The van der Waals surface area contributed by atoms with Gasteiger partial charge >= 0.3 is 0 Å². The molecule has 0 bridgehead atoms. The Morgan fingerprint density at radius 2 is 1.95 bits per heavy atom. The average molecular weight is 378 g/mol. The van der Waals surface area contributed by atoms with Crippen LogP contribution in [0.5, 0.6) is 0 Å². The van der Waals surface area contributed by atoms with Crippen molar-refractivity contribution in [1.29, 1.82) is 0 Å². The summed E-state index contributed by atoms with van der Waals surface area (Å²) in [5.41, 5.74) is 6.74. The third-order valence-corrected chi connectivity index (χ3v) is 3.71. The van der Waals surface area contributed by atoms with Gasteiger partial charge in [-0.15, -0.1) is 0 Å². The molecule has 0 heterocycles. The van der Waals surface area contributed by atoms with E-state index in [0.29, 0.717) is 15.7 Å². The van der Waals surface area contributed by atoms with Crippen molar-refractivity contribution >= 4 is 56.1 Å². The molecule has 0 aromatic heterocycles. The van der Waals surface area contributed by atoms with Crippen molar-refractivity contribution in [1.82, 2.24) is 0 Å². The Bertz CT molecular complexity index is 671. The van der Waals surface area contributed by atoms with Gasteiger partial charge in [0.1, 0.15) is 10.8 Å². The van der Waals surface area contributed by atoms with Gasteiger partial charge in [-0.25, -0.2) is 8.78 Å². The second-order valence-electron chi connectivity index (χ2n) is 3.93. The first-order valence-electron chi connectivity index (χ1n) is 5.39. The lowest BCUT2D eigenvalue weighted by Gasteiger charge is -2.12. The van der Waals surface area contributed by atoms with Crippen LogP contribution in [-0.2, 0) is 0 Å². The number of hydrogen-bond donors (Lipinski definition) is 2. The topological polar surface area (TPSA) is 38.0 Å². The van der Waals surface area contributed by atoms with Gasteiger partial charge in [-0.05, 0) is 40.2 Å². The molecule has 7 heteroatoms. The van der Waals surface area contributed by atoms with E-state index in [1.54, 1.807) is 18.2 Å². The smallest absolute Gasteiger partial charge is 0.151 e. The van der Waals surface area contributed by atoms with Gasteiger partial charge < -0.3 is 11.1 Å². The fourth-order valence-electron chi connectivity index (χ4n) is 1.57. The molecule has 0 aliphatic carbocycles. The molecule has 0 atom stereocenters. The number of rotatable bonds is 3. The minimum Gasteiger partial charge on any atom is -0.389 e. The molecule has 2 nitrogen and oxygen atoms in total. The minimum absolute atomic E-state index is 0.00292. The molecule has 0 amide bonds. The second-order valence-corrected chi connectivity index (χ2v) is 5.63. The predicted molar refractivity (Wildman–Crippen MR) is 84.7 cm³/mol. The number of hydrogen-bond acceptors (Lipinski definition) is 2. The Labute approximate surface area is 133 Å². The lowest BCUT2D eigenvalue weighted by Crippen LogP contribution is -2.09. The maximum atomic E-state index is 13.7. The number of anilines is 2. The van der Waals surface area contributed by atoms with Gasteiger partial charge in [0.05, 0.1) is 16.4 Å². The highest BCUT2D eigenvalue weighted by Gasteiger charge is 2.12. The number of nitrogens with one attached hydrogen (secondary N) is 1.